The van der Waals surface area contributed by atoms with Crippen molar-refractivity contribution in [2.75, 3.05) is 27.9 Å². The van der Waals surface area contributed by atoms with Crippen LogP contribution in [-0.4, -0.2) is 38.7 Å². The van der Waals surface area contributed by atoms with E-state index in [0.29, 0.717) is 30.2 Å². The quantitative estimate of drug-likeness (QED) is 0.756. The van der Waals surface area contributed by atoms with Crippen molar-refractivity contribution in [3.63, 3.8) is 0 Å². The Hall–Kier alpha value is -3.02. The third-order valence-electron chi connectivity index (χ3n) is 4.62. The maximum absolute atomic E-state index is 13.8. The van der Waals surface area contributed by atoms with Gasteiger partial charge >= 0.3 is 0 Å². The maximum Gasteiger partial charge on any atom is 0.246 e. The molecular formula is C21H22FNO4. The molecule has 0 aliphatic carbocycles. The van der Waals surface area contributed by atoms with Crippen molar-refractivity contribution in [1.82, 2.24) is 4.90 Å². The van der Waals surface area contributed by atoms with Gasteiger partial charge in [-0.3, -0.25) is 4.79 Å². The van der Waals surface area contributed by atoms with Gasteiger partial charge in [-0.05, 0) is 53.5 Å². The van der Waals surface area contributed by atoms with Crippen LogP contribution in [0.4, 0.5) is 4.39 Å². The molecule has 0 N–H and O–H groups in total. The molecule has 0 saturated carbocycles. The molecule has 27 heavy (non-hydrogen) atoms. The van der Waals surface area contributed by atoms with Crippen molar-refractivity contribution in [1.29, 1.82) is 0 Å². The summed E-state index contributed by atoms with van der Waals surface area (Å²) in [6.45, 7) is 1.11. The third kappa shape index (κ3) is 4.05. The first kappa shape index (κ1) is 18.8. The number of halogens is 1. The monoisotopic (exact) mass is 371 g/mol. The molecule has 2 aromatic carbocycles. The second-order valence-corrected chi connectivity index (χ2v) is 6.21. The number of hydrogen-bond donors (Lipinski definition) is 0. The van der Waals surface area contributed by atoms with Gasteiger partial charge in [0.05, 0.1) is 21.3 Å². The minimum absolute atomic E-state index is 0.119. The first-order valence-electron chi connectivity index (χ1n) is 8.60. The van der Waals surface area contributed by atoms with Crippen LogP contribution in [0.3, 0.4) is 0 Å². The lowest BCUT2D eigenvalue weighted by Crippen LogP contribution is -2.34. The average molecular weight is 371 g/mol. The summed E-state index contributed by atoms with van der Waals surface area (Å²) < 4.78 is 29.3. The summed E-state index contributed by atoms with van der Waals surface area (Å²) in [5.74, 6) is 0.939. The molecule has 1 heterocycles. The molecule has 1 amide bonds. The van der Waals surface area contributed by atoms with Gasteiger partial charge in [-0.2, -0.15) is 0 Å². The minimum atomic E-state index is -0.458. The van der Waals surface area contributed by atoms with Crippen molar-refractivity contribution in [2.24, 2.45) is 0 Å². The first-order chi connectivity index (χ1) is 13.0. The predicted molar refractivity (Wildman–Crippen MR) is 101 cm³/mol. The van der Waals surface area contributed by atoms with Crippen LogP contribution in [0.25, 0.3) is 6.08 Å². The van der Waals surface area contributed by atoms with Gasteiger partial charge in [0.15, 0.2) is 23.1 Å². The fourth-order valence-electron chi connectivity index (χ4n) is 3.13. The van der Waals surface area contributed by atoms with E-state index in [1.807, 2.05) is 12.1 Å². The number of ether oxygens (including phenoxy) is 3. The van der Waals surface area contributed by atoms with Gasteiger partial charge in [0.25, 0.3) is 0 Å². The fraction of sp³-hybridized carbons (Fsp3) is 0.286. The van der Waals surface area contributed by atoms with Crippen LogP contribution in [0.2, 0.25) is 0 Å². The van der Waals surface area contributed by atoms with Gasteiger partial charge < -0.3 is 19.1 Å². The number of amides is 1. The van der Waals surface area contributed by atoms with Crippen LogP contribution in [0, 0.1) is 5.82 Å². The summed E-state index contributed by atoms with van der Waals surface area (Å²) in [5.41, 5.74) is 2.79. The Morgan fingerprint density at radius 1 is 1.00 bits per heavy atom. The summed E-state index contributed by atoms with van der Waals surface area (Å²) in [6, 6.07) is 8.46. The number of methoxy groups -OCH3 is 3. The standard InChI is InChI=1S/C21H22FNO4/c1-25-18-6-4-14(10-17(18)22)5-7-21(24)23-9-8-15-11-19(26-2)20(27-3)12-16(15)13-23/h4-7,10-12H,8-9,13H2,1-3H3/b7-5+. The predicted octanol–water partition coefficient (Wildman–Crippen LogP) is 3.45. The molecule has 0 saturated heterocycles. The smallest absolute Gasteiger partial charge is 0.246 e. The maximum atomic E-state index is 13.8. The molecule has 0 spiro atoms. The Labute approximate surface area is 158 Å². The summed E-state index contributed by atoms with van der Waals surface area (Å²) in [5, 5.41) is 0. The van der Waals surface area contributed by atoms with Gasteiger partial charge in [-0.25, -0.2) is 4.39 Å². The van der Waals surface area contributed by atoms with Crippen molar-refractivity contribution < 1.29 is 23.4 Å². The highest BCUT2D eigenvalue weighted by Gasteiger charge is 2.21. The molecule has 0 aromatic heterocycles. The van der Waals surface area contributed by atoms with E-state index < -0.39 is 5.82 Å². The largest absolute Gasteiger partial charge is 0.494 e. The van der Waals surface area contributed by atoms with E-state index in [-0.39, 0.29) is 11.7 Å². The number of benzene rings is 2. The zero-order valence-corrected chi connectivity index (χ0v) is 15.6. The summed E-state index contributed by atoms with van der Waals surface area (Å²) >= 11 is 0. The Balaban J connectivity index is 1.73. The highest BCUT2D eigenvalue weighted by molar-refractivity contribution is 5.92. The molecule has 142 valence electrons. The van der Waals surface area contributed by atoms with E-state index in [0.717, 1.165) is 17.5 Å². The van der Waals surface area contributed by atoms with Gasteiger partial charge in [0.2, 0.25) is 5.91 Å². The summed E-state index contributed by atoms with van der Waals surface area (Å²) in [4.78, 5) is 14.3. The molecular weight excluding hydrogens is 349 g/mol. The van der Waals surface area contributed by atoms with Crippen molar-refractivity contribution in [3.8, 4) is 17.2 Å². The van der Waals surface area contributed by atoms with Crippen LogP contribution >= 0.6 is 0 Å². The topological polar surface area (TPSA) is 48.0 Å². The lowest BCUT2D eigenvalue weighted by Gasteiger charge is -2.28. The molecule has 5 nitrogen and oxygen atoms in total. The molecule has 0 bridgehead atoms. The van der Waals surface area contributed by atoms with Crippen LogP contribution in [-0.2, 0) is 17.8 Å². The van der Waals surface area contributed by atoms with Gasteiger partial charge in [0, 0.05) is 19.2 Å². The molecule has 0 unspecified atom stereocenters. The van der Waals surface area contributed by atoms with Crippen LogP contribution < -0.4 is 14.2 Å². The van der Waals surface area contributed by atoms with Gasteiger partial charge in [-0.1, -0.05) is 6.07 Å². The lowest BCUT2D eigenvalue weighted by molar-refractivity contribution is -0.126. The Morgan fingerprint density at radius 3 is 2.30 bits per heavy atom. The number of carbonyl (C=O) groups is 1. The van der Waals surface area contributed by atoms with Crippen LogP contribution in [0.1, 0.15) is 16.7 Å². The third-order valence-corrected chi connectivity index (χ3v) is 4.62. The molecule has 0 radical (unpaired) electrons. The molecule has 2 aromatic rings. The Kier molecular flexibility index (Phi) is 5.64. The number of carbonyl (C=O) groups excluding carboxylic acids is 1. The van der Waals surface area contributed by atoms with Crippen molar-refractivity contribution in [3.05, 3.63) is 58.9 Å². The van der Waals surface area contributed by atoms with Crippen molar-refractivity contribution in [2.45, 2.75) is 13.0 Å². The molecule has 3 rings (SSSR count). The number of fused-ring (bicyclic) bond motifs is 1. The highest BCUT2D eigenvalue weighted by Crippen LogP contribution is 2.33. The van der Waals surface area contributed by atoms with E-state index in [9.17, 15) is 9.18 Å². The van der Waals surface area contributed by atoms with E-state index in [4.69, 9.17) is 14.2 Å². The lowest BCUT2D eigenvalue weighted by atomic mass is 9.98. The number of hydrogen-bond acceptors (Lipinski definition) is 4. The second-order valence-electron chi connectivity index (χ2n) is 6.21. The summed E-state index contributed by atoms with van der Waals surface area (Å²) in [6.07, 6.45) is 3.81. The van der Waals surface area contributed by atoms with Crippen molar-refractivity contribution >= 4 is 12.0 Å². The number of nitrogens with zero attached hydrogens (tertiary/aromatic N) is 1. The van der Waals surface area contributed by atoms with E-state index in [1.165, 1.54) is 25.3 Å². The SMILES string of the molecule is COc1ccc(/C=C/C(=O)N2CCc3cc(OC)c(OC)cc3C2)cc1F. The average Bonchev–Trinajstić information content (AvgIpc) is 2.70. The van der Waals surface area contributed by atoms with Crippen LogP contribution in [0.5, 0.6) is 17.2 Å². The second kappa shape index (κ2) is 8.12. The fourth-order valence-corrected chi connectivity index (χ4v) is 3.13. The summed E-state index contributed by atoms with van der Waals surface area (Å²) in [7, 11) is 4.61. The number of rotatable bonds is 5. The molecule has 0 fully saturated rings. The highest BCUT2D eigenvalue weighted by atomic mass is 19.1. The Bertz CT molecular complexity index is 879. The Morgan fingerprint density at radius 2 is 1.67 bits per heavy atom. The molecule has 1 aliphatic rings. The minimum Gasteiger partial charge on any atom is -0.494 e. The van der Waals surface area contributed by atoms with Crippen LogP contribution in [0.15, 0.2) is 36.4 Å². The molecule has 0 atom stereocenters. The first-order valence-corrected chi connectivity index (χ1v) is 8.60. The van der Waals surface area contributed by atoms with E-state index in [2.05, 4.69) is 0 Å². The zero-order chi connectivity index (χ0) is 19.4. The van der Waals surface area contributed by atoms with Gasteiger partial charge in [0.1, 0.15) is 0 Å². The molecule has 1 aliphatic heterocycles. The van der Waals surface area contributed by atoms with E-state index in [1.54, 1.807) is 31.3 Å². The zero-order valence-electron chi connectivity index (χ0n) is 15.6. The van der Waals surface area contributed by atoms with E-state index >= 15 is 0 Å². The molecule has 6 heteroatoms. The van der Waals surface area contributed by atoms with Gasteiger partial charge in [-0.15, -0.1) is 0 Å². The normalized spacial score (nSPS) is 13.4.